The third-order valence-electron chi connectivity index (χ3n) is 8.84. The number of fused-ring (bicyclic) bond motifs is 5. The molecule has 1 aromatic rings. The quantitative estimate of drug-likeness (QED) is 0.507. The van der Waals surface area contributed by atoms with Gasteiger partial charge in [-0.1, -0.05) is 6.07 Å². The number of nitrogens with zero attached hydrogens (tertiary/aromatic N) is 2. The van der Waals surface area contributed by atoms with E-state index in [0.717, 1.165) is 50.5 Å². The molecule has 1 saturated carbocycles. The number of hydrogen-bond acceptors (Lipinski definition) is 3. The van der Waals surface area contributed by atoms with Crippen molar-refractivity contribution in [3.63, 3.8) is 0 Å². The summed E-state index contributed by atoms with van der Waals surface area (Å²) in [7, 11) is 0. The fraction of sp³-hybridized carbons (Fsp3) is 0.731. The molecule has 3 fully saturated rings. The molecule has 5 rings (SSSR count). The minimum Gasteiger partial charge on any atom is -0.494 e. The monoisotopic (exact) mass is 410 g/mol. The lowest BCUT2D eigenvalue weighted by Crippen LogP contribution is -2.60. The van der Waals surface area contributed by atoms with Crippen molar-refractivity contribution >= 4 is 6.41 Å². The Morgan fingerprint density at radius 2 is 2.00 bits per heavy atom. The molecule has 0 bridgehead atoms. The molecule has 4 aliphatic rings. The van der Waals surface area contributed by atoms with Crippen LogP contribution in [-0.2, 0) is 11.2 Å². The van der Waals surface area contributed by atoms with Gasteiger partial charge in [0, 0.05) is 18.6 Å². The molecule has 2 heterocycles. The molecule has 2 saturated heterocycles. The van der Waals surface area contributed by atoms with E-state index in [-0.39, 0.29) is 5.54 Å². The Balaban J connectivity index is 1.24. The van der Waals surface area contributed by atoms with Crippen LogP contribution < -0.4 is 4.74 Å². The lowest BCUT2D eigenvalue weighted by Gasteiger charge is -2.57. The zero-order valence-electron chi connectivity index (χ0n) is 18.7. The predicted molar refractivity (Wildman–Crippen MR) is 120 cm³/mol. The SMILES string of the molecule is C[C@]12CC[C@@H]3c4ccc(OCCCN5CCCC5)cc4CC[C@H]3[C@@H]1CCCN2C=O. The molecule has 2 aliphatic heterocycles. The molecule has 0 aromatic heterocycles. The number of piperidine rings is 1. The zero-order valence-corrected chi connectivity index (χ0v) is 18.7. The summed E-state index contributed by atoms with van der Waals surface area (Å²) in [5, 5.41) is 0. The molecule has 0 spiro atoms. The molecule has 4 atom stereocenters. The maximum atomic E-state index is 11.7. The second kappa shape index (κ2) is 8.53. The van der Waals surface area contributed by atoms with Gasteiger partial charge in [-0.05, 0) is 119 Å². The van der Waals surface area contributed by atoms with Crippen LogP contribution in [0, 0.1) is 11.8 Å². The average molecular weight is 411 g/mol. The molecule has 2 aliphatic carbocycles. The predicted octanol–water partition coefficient (Wildman–Crippen LogP) is 4.62. The van der Waals surface area contributed by atoms with Crippen LogP contribution in [0.2, 0.25) is 0 Å². The number of hydrogen-bond donors (Lipinski definition) is 0. The average Bonchev–Trinajstić information content (AvgIpc) is 3.29. The van der Waals surface area contributed by atoms with Crippen molar-refractivity contribution in [2.24, 2.45) is 11.8 Å². The molecule has 1 amide bonds. The molecule has 164 valence electrons. The molecule has 4 nitrogen and oxygen atoms in total. The van der Waals surface area contributed by atoms with Gasteiger partial charge >= 0.3 is 0 Å². The van der Waals surface area contributed by atoms with Gasteiger partial charge in [-0.3, -0.25) is 4.79 Å². The molecule has 0 N–H and O–H groups in total. The number of amides is 1. The molecule has 0 unspecified atom stereocenters. The summed E-state index contributed by atoms with van der Waals surface area (Å²) in [4.78, 5) is 16.4. The third kappa shape index (κ3) is 3.66. The highest BCUT2D eigenvalue weighted by Crippen LogP contribution is 2.55. The van der Waals surface area contributed by atoms with Crippen LogP contribution in [0.15, 0.2) is 18.2 Å². The second-order valence-electron chi connectivity index (χ2n) is 10.4. The summed E-state index contributed by atoms with van der Waals surface area (Å²) in [5.41, 5.74) is 3.16. The van der Waals surface area contributed by atoms with E-state index in [1.807, 2.05) is 0 Å². The van der Waals surface area contributed by atoms with Crippen LogP contribution in [0.5, 0.6) is 5.75 Å². The number of rotatable bonds is 6. The van der Waals surface area contributed by atoms with Crippen LogP contribution in [-0.4, -0.2) is 54.5 Å². The highest BCUT2D eigenvalue weighted by Gasteiger charge is 2.51. The van der Waals surface area contributed by atoms with Crippen LogP contribution in [0.1, 0.15) is 75.3 Å². The number of carbonyl (C=O) groups is 1. The van der Waals surface area contributed by atoms with Crippen molar-refractivity contribution in [1.29, 1.82) is 0 Å². The normalized spacial score (nSPS) is 33.5. The Kier molecular flexibility index (Phi) is 5.79. The maximum Gasteiger partial charge on any atom is 0.210 e. The molecule has 4 heteroatoms. The number of aryl methyl sites for hydroxylation is 1. The molecular weight excluding hydrogens is 372 g/mol. The van der Waals surface area contributed by atoms with Crippen LogP contribution in [0.4, 0.5) is 0 Å². The van der Waals surface area contributed by atoms with Gasteiger partial charge in [0.1, 0.15) is 5.75 Å². The highest BCUT2D eigenvalue weighted by molar-refractivity contribution is 5.50. The maximum absolute atomic E-state index is 11.7. The van der Waals surface area contributed by atoms with Gasteiger partial charge in [0.05, 0.1) is 6.61 Å². The topological polar surface area (TPSA) is 32.8 Å². The Hall–Kier alpha value is -1.55. The zero-order chi connectivity index (χ0) is 20.6. The molecular formula is C26H38N2O2. The van der Waals surface area contributed by atoms with Gasteiger partial charge in [0.25, 0.3) is 0 Å². The smallest absolute Gasteiger partial charge is 0.210 e. The van der Waals surface area contributed by atoms with E-state index in [2.05, 4.69) is 34.9 Å². The van der Waals surface area contributed by atoms with Crippen LogP contribution in [0.25, 0.3) is 0 Å². The first-order valence-electron chi connectivity index (χ1n) is 12.4. The number of benzene rings is 1. The van der Waals surface area contributed by atoms with Gasteiger partial charge < -0.3 is 14.5 Å². The van der Waals surface area contributed by atoms with Gasteiger partial charge in [0.2, 0.25) is 6.41 Å². The summed E-state index contributed by atoms with van der Waals surface area (Å²) >= 11 is 0. The van der Waals surface area contributed by atoms with E-state index in [4.69, 9.17) is 4.74 Å². The van der Waals surface area contributed by atoms with Gasteiger partial charge in [-0.15, -0.1) is 0 Å². The van der Waals surface area contributed by atoms with Gasteiger partial charge in [-0.2, -0.15) is 0 Å². The van der Waals surface area contributed by atoms with Crippen molar-refractivity contribution in [3.05, 3.63) is 29.3 Å². The fourth-order valence-corrected chi connectivity index (χ4v) is 7.23. The lowest BCUT2D eigenvalue weighted by atomic mass is 9.55. The largest absolute Gasteiger partial charge is 0.494 e. The summed E-state index contributed by atoms with van der Waals surface area (Å²) in [6.45, 7) is 7.84. The Labute approximate surface area is 182 Å². The third-order valence-corrected chi connectivity index (χ3v) is 8.84. The Bertz CT molecular complexity index is 759. The summed E-state index contributed by atoms with van der Waals surface area (Å²) in [6, 6.07) is 6.90. The fourth-order valence-electron chi connectivity index (χ4n) is 7.23. The van der Waals surface area contributed by atoms with Crippen molar-refractivity contribution in [1.82, 2.24) is 9.80 Å². The number of carbonyl (C=O) groups excluding carboxylic acids is 1. The van der Waals surface area contributed by atoms with E-state index in [9.17, 15) is 4.79 Å². The summed E-state index contributed by atoms with van der Waals surface area (Å²) < 4.78 is 6.13. The van der Waals surface area contributed by atoms with E-state index >= 15 is 0 Å². The van der Waals surface area contributed by atoms with Crippen molar-refractivity contribution in [2.45, 2.75) is 76.2 Å². The van der Waals surface area contributed by atoms with E-state index in [0.29, 0.717) is 11.8 Å². The first-order chi connectivity index (χ1) is 14.7. The van der Waals surface area contributed by atoms with E-state index in [1.165, 1.54) is 63.7 Å². The Morgan fingerprint density at radius 1 is 1.13 bits per heavy atom. The van der Waals surface area contributed by atoms with E-state index < -0.39 is 0 Å². The minimum atomic E-state index is 0.0804. The van der Waals surface area contributed by atoms with Crippen molar-refractivity contribution in [2.75, 3.05) is 32.8 Å². The van der Waals surface area contributed by atoms with Gasteiger partial charge in [-0.25, -0.2) is 0 Å². The number of likely N-dealkylation sites (tertiary alicyclic amines) is 2. The summed E-state index contributed by atoms with van der Waals surface area (Å²) in [6.07, 6.45) is 12.2. The minimum absolute atomic E-state index is 0.0804. The Morgan fingerprint density at radius 3 is 2.83 bits per heavy atom. The standard InChI is InChI=1S/C26H38N2O2/c1-26-12-11-23-22-10-8-21(30-17-5-15-27-13-2-3-14-27)18-20(22)7-9-24(23)25(26)6-4-16-28(26)19-29/h8,10,18-19,23-25H,2-7,9,11-17H2,1H3/t23-,24-,25+,26+/m1/s1. The van der Waals surface area contributed by atoms with Crippen LogP contribution >= 0.6 is 0 Å². The highest BCUT2D eigenvalue weighted by atomic mass is 16.5. The number of ether oxygens (including phenoxy) is 1. The first kappa shape index (κ1) is 20.4. The van der Waals surface area contributed by atoms with Crippen molar-refractivity contribution in [3.8, 4) is 5.75 Å². The van der Waals surface area contributed by atoms with E-state index in [1.54, 1.807) is 5.56 Å². The van der Waals surface area contributed by atoms with Gasteiger partial charge in [0.15, 0.2) is 0 Å². The molecule has 30 heavy (non-hydrogen) atoms. The summed E-state index contributed by atoms with van der Waals surface area (Å²) in [5.74, 6) is 3.11. The lowest BCUT2D eigenvalue weighted by molar-refractivity contribution is -0.134. The first-order valence-corrected chi connectivity index (χ1v) is 12.4. The van der Waals surface area contributed by atoms with Crippen LogP contribution in [0.3, 0.4) is 0 Å². The molecule has 1 aromatic carbocycles. The van der Waals surface area contributed by atoms with Crippen molar-refractivity contribution < 1.29 is 9.53 Å². The second-order valence-corrected chi connectivity index (χ2v) is 10.4. The molecule has 0 radical (unpaired) electrons.